The third-order valence-electron chi connectivity index (χ3n) is 3.75. The number of nitrogens with one attached hydrogen (secondary N) is 1. The number of hydrogen-bond donors (Lipinski definition) is 1. The molecular weight excluding hydrogens is 202 g/mol. The first kappa shape index (κ1) is 12.3. The van der Waals surface area contributed by atoms with Crippen molar-refractivity contribution in [2.45, 2.75) is 57.2 Å². The Hall–Kier alpha value is -0.120. The van der Waals surface area contributed by atoms with Crippen LogP contribution in [0.5, 0.6) is 0 Å². The zero-order chi connectivity index (χ0) is 11.3. The van der Waals surface area contributed by atoms with Gasteiger partial charge in [-0.2, -0.15) is 0 Å². The number of hydrogen-bond acceptors (Lipinski definition) is 3. The maximum absolute atomic E-state index is 6.25. The molecule has 0 aromatic heterocycles. The van der Waals surface area contributed by atoms with Crippen molar-refractivity contribution in [1.82, 2.24) is 5.32 Å². The predicted octanol–water partition coefficient (Wildman–Crippen LogP) is 2.10. The summed E-state index contributed by atoms with van der Waals surface area (Å²) in [6.07, 6.45) is 7.67. The summed E-state index contributed by atoms with van der Waals surface area (Å²) in [5.41, 5.74) is 0.194. The van der Waals surface area contributed by atoms with E-state index in [4.69, 9.17) is 9.47 Å². The molecule has 1 aliphatic heterocycles. The molecule has 0 radical (unpaired) electrons. The lowest BCUT2D eigenvalue weighted by Gasteiger charge is -2.43. The summed E-state index contributed by atoms with van der Waals surface area (Å²) in [5.74, 6) is 0. The van der Waals surface area contributed by atoms with E-state index in [1.54, 1.807) is 0 Å². The van der Waals surface area contributed by atoms with E-state index >= 15 is 0 Å². The van der Waals surface area contributed by atoms with Gasteiger partial charge in [0.15, 0.2) is 0 Å². The van der Waals surface area contributed by atoms with Crippen molar-refractivity contribution in [1.29, 1.82) is 0 Å². The van der Waals surface area contributed by atoms with Gasteiger partial charge in [-0.05, 0) is 51.6 Å². The largest absolute Gasteiger partial charge is 0.379 e. The first-order chi connectivity index (χ1) is 7.85. The predicted molar refractivity (Wildman–Crippen MR) is 64.7 cm³/mol. The van der Waals surface area contributed by atoms with Crippen molar-refractivity contribution in [3.05, 3.63) is 0 Å². The minimum absolute atomic E-state index is 0.194. The topological polar surface area (TPSA) is 30.5 Å². The van der Waals surface area contributed by atoms with Crippen LogP contribution >= 0.6 is 0 Å². The summed E-state index contributed by atoms with van der Waals surface area (Å²) < 4.78 is 11.6. The van der Waals surface area contributed by atoms with Crippen LogP contribution < -0.4 is 5.32 Å². The van der Waals surface area contributed by atoms with Gasteiger partial charge in [-0.15, -0.1) is 0 Å². The molecule has 3 heteroatoms. The van der Waals surface area contributed by atoms with Crippen LogP contribution in [-0.2, 0) is 9.47 Å². The first-order valence-electron chi connectivity index (χ1n) is 6.81. The Balaban J connectivity index is 1.69. The Kier molecular flexibility index (Phi) is 4.62. The molecule has 0 spiro atoms. The molecule has 0 aromatic rings. The highest BCUT2D eigenvalue weighted by molar-refractivity contribution is 4.91. The molecular formula is C13H25NO2. The Morgan fingerprint density at radius 2 is 2.25 bits per heavy atom. The van der Waals surface area contributed by atoms with Crippen molar-refractivity contribution in [2.24, 2.45) is 0 Å². The van der Waals surface area contributed by atoms with Crippen LogP contribution in [0.1, 0.15) is 45.4 Å². The molecule has 0 aromatic carbocycles. The van der Waals surface area contributed by atoms with Crippen LogP contribution in [-0.4, -0.2) is 38.0 Å². The average Bonchev–Trinajstić information content (AvgIpc) is 2.73. The van der Waals surface area contributed by atoms with E-state index in [1.165, 1.54) is 32.1 Å². The fourth-order valence-corrected chi connectivity index (χ4v) is 2.58. The molecule has 1 saturated heterocycles. The van der Waals surface area contributed by atoms with Crippen LogP contribution in [0, 0.1) is 0 Å². The van der Waals surface area contributed by atoms with Crippen molar-refractivity contribution >= 4 is 0 Å². The summed E-state index contributed by atoms with van der Waals surface area (Å²) in [5, 5.41) is 3.47. The Morgan fingerprint density at radius 3 is 2.81 bits per heavy atom. The standard InChI is InChI=1S/C13H25NO2/c1-2-8-14-9-7-13(5-3-6-13)16-12-4-10-15-11-12/h12,14H,2-11H2,1H3. The second-order valence-electron chi connectivity index (χ2n) is 5.14. The van der Waals surface area contributed by atoms with Gasteiger partial charge < -0.3 is 14.8 Å². The monoisotopic (exact) mass is 227 g/mol. The van der Waals surface area contributed by atoms with Gasteiger partial charge in [0.1, 0.15) is 0 Å². The van der Waals surface area contributed by atoms with Gasteiger partial charge in [0, 0.05) is 6.61 Å². The molecule has 2 fully saturated rings. The van der Waals surface area contributed by atoms with Crippen LogP contribution in [0.25, 0.3) is 0 Å². The second-order valence-corrected chi connectivity index (χ2v) is 5.14. The lowest BCUT2D eigenvalue weighted by molar-refractivity contribution is -0.142. The summed E-state index contributed by atoms with van der Waals surface area (Å²) in [4.78, 5) is 0. The van der Waals surface area contributed by atoms with Crippen molar-refractivity contribution in [3.63, 3.8) is 0 Å². The van der Waals surface area contributed by atoms with Crippen molar-refractivity contribution < 1.29 is 9.47 Å². The Morgan fingerprint density at radius 1 is 1.38 bits per heavy atom. The van der Waals surface area contributed by atoms with E-state index in [1.807, 2.05) is 0 Å². The minimum atomic E-state index is 0.194. The molecule has 2 aliphatic rings. The highest BCUT2D eigenvalue weighted by atomic mass is 16.6. The minimum Gasteiger partial charge on any atom is -0.379 e. The molecule has 1 unspecified atom stereocenters. The van der Waals surface area contributed by atoms with Crippen molar-refractivity contribution in [2.75, 3.05) is 26.3 Å². The molecule has 0 amide bonds. The van der Waals surface area contributed by atoms with E-state index in [9.17, 15) is 0 Å². The van der Waals surface area contributed by atoms with Crippen molar-refractivity contribution in [3.8, 4) is 0 Å². The molecule has 16 heavy (non-hydrogen) atoms. The van der Waals surface area contributed by atoms with E-state index in [0.29, 0.717) is 6.10 Å². The molecule has 1 heterocycles. The third-order valence-corrected chi connectivity index (χ3v) is 3.75. The van der Waals surface area contributed by atoms with Gasteiger partial charge in [-0.1, -0.05) is 6.92 Å². The zero-order valence-electron chi connectivity index (χ0n) is 10.5. The summed E-state index contributed by atoms with van der Waals surface area (Å²) in [6.45, 7) is 6.13. The molecule has 3 nitrogen and oxygen atoms in total. The van der Waals surface area contributed by atoms with Crippen LogP contribution in [0.3, 0.4) is 0 Å². The summed E-state index contributed by atoms with van der Waals surface area (Å²) in [6, 6.07) is 0. The molecule has 1 N–H and O–H groups in total. The number of rotatable bonds is 7. The number of ether oxygens (including phenoxy) is 2. The fourth-order valence-electron chi connectivity index (χ4n) is 2.58. The maximum atomic E-state index is 6.25. The molecule has 2 rings (SSSR count). The van der Waals surface area contributed by atoms with E-state index in [2.05, 4.69) is 12.2 Å². The molecule has 1 aliphatic carbocycles. The smallest absolute Gasteiger partial charge is 0.0837 e. The first-order valence-corrected chi connectivity index (χ1v) is 6.81. The average molecular weight is 227 g/mol. The van der Waals surface area contributed by atoms with Gasteiger partial charge in [-0.3, -0.25) is 0 Å². The summed E-state index contributed by atoms with van der Waals surface area (Å²) >= 11 is 0. The Bertz CT molecular complexity index is 198. The quantitative estimate of drug-likeness (QED) is 0.676. The second kappa shape index (κ2) is 5.99. The maximum Gasteiger partial charge on any atom is 0.0837 e. The fraction of sp³-hybridized carbons (Fsp3) is 1.00. The third kappa shape index (κ3) is 3.19. The van der Waals surface area contributed by atoms with Crippen LogP contribution in [0.2, 0.25) is 0 Å². The normalized spacial score (nSPS) is 27.9. The summed E-state index contributed by atoms with van der Waals surface area (Å²) in [7, 11) is 0. The van der Waals surface area contributed by atoms with Gasteiger partial charge in [0.2, 0.25) is 0 Å². The van der Waals surface area contributed by atoms with E-state index in [0.717, 1.165) is 32.7 Å². The SMILES string of the molecule is CCCNCCC1(OC2CCOC2)CCC1. The van der Waals surface area contributed by atoms with Gasteiger partial charge >= 0.3 is 0 Å². The molecule has 1 atom stereocenters. The molecule has 94 valence electrons. The van der Waals surface area contributed by atoms with Crippen LogP contribution in [0.4, 0.5) is 0 Å². The van der Waals surface area contributed by atoms with Gasteiger partial charge in [0.25, 0.3) is 0 Å². The van der Waals surface area contributed by atoms with Gasteiger partial charge in [-0.25, -0.2) is 0 Å². The Labute approximate surface area is 98.9 Å². The molecule has 0 bridgehead atoms. The van der Waals surface area contributed by atoms with Gasteiger partial charge in [0.05, 0.1) is 18.3 Å². The highest BCUT2D eigenvalue weighted by Gasteiger charge is 2.40. The lowest BCUT2D eigenvalue weighted by atomic mass is 9.77. The van der Waals surface area contributed by atoms with E-state index in [-0.39, 0.29) is 5.60 Å². The van der Waals surface area contributed by atoms with Crippen LogP contribution in [0.15, 0.2) is 0 Å². The highest BCUT2D eigenvalue weighted by Crippen LogP contribution is 2.40. The lowest BCUT2D eigenvalue weighted by Crippen LogP contribution is -2.45. The molecule has 1 saturated carbocycles. The zero-order valence-corrected chi connectivity index (χ0v) is 10.5. The van der Waals surface area contributed by atoms with E-state index < -0.39 is 0 Å².